The number of aromatic nitrogens is 1. The molecular formula is C19H25N3O3. The summed E-state index contributed by atoms with van der Waals surface area (Å²) in [5.41, 5.74) is 2.53. The van der Waals surface area contributed by atoms with Gasteiger partial charge in [0.25, 0.3) is 5.91 Å². The second-order valence-electron chi connectivity index (χ2n) is 6.72. The molecular weight excluding hydrogens is 318 g/mol. The van der Waals surface area contributed by atoms with Gasteiger partial charge < -0.3 is 19.2 Å². The summed E-state index contributed by atoms with van der Waals surface area (Å²) in [6.45, 7) is 7.38. The fraction of sp³-hybridized carbons (Fsp3) is 0.474. The van der Waals surface area contributed by atoms with E-state index in [1.807, 2.05) is 4.90 Å². The van der Waals surface area contributed by atoms with Gasteiger partial charge in [-0.3, -0.25) is 9.59 Å². The fourth-order valence-electron chi connectivity index (χ4n) is 3.61. The Hall–Kier alpha value is -2.50. The molecule has 25 heavy (non-hydrogen) atoms. The molecule has 1 aliphatic heterocycles. The van der Waals surface area contributed by atoms with E-state index in [-0.39, 0.29) is 17.6 Å². The lowest BCUT2D eigenvalue weighted by Crippen LogP contribution is -2.49. The van der Waals surface area contributed by atoms with Crippen molar-refractivity contribution in [3.63, 3.8) is 0 Å². The molecule has 3 heterocycles. The number of hydrogen-bond donors (Lipinski definition) is 1. The molecule has 2 amide bonds. The summed E-state index contributed by atoms with van der Waals surface area (Å²) in [4.78, 5) is 26.5. The molecule has 0 spiro atoms. The van der Waals surface area contributed by atoms with Gasteiger partial charge in [0.05, 0.1) is 6.26 Å². The smallest absolute Gasteiger partial charge is 0.287 e. The molecule has 6 nitrogen and oxygen atoms in total. The van der Waals surface area contributed by atoms with Crippen molar-refractivity contribution in [2.24, 2.45) is 0 Å². The van der Waals surface area contributed by atoms with Crippen LogP contribution in [0.15, 0.2) is 34.9 Å². The molecule has 1 atom stereocenters. The maximum atomic E-state index is 12.6. The van der Waals surface area contributed by atoms with E-state index in [4.69, 9.17) is 4.42 Å². The summed E-state index contributed by atoms with van der Waals surface area (Å²) < 4.78 is 7.42. The van der Waals surface area contributed by atoms with Crippen molar-refractivity contribution in [2.75, 3.05) is 13.1 Å². The van der Waals surface area contributed by atoms with Gasteiger partial charge in [0.1, 0.15) is 6.04 Å². The number of aryl methyl sites for hydroxylation is 2. The van der Waals surface area contributed by atoms with Crippen molar-refractivity contribution in [2.45, 2.75) is 45.7 Å². The van der Waals surface area contributed by atoms with Crippen molar-refractivity contribution in [1.29, 1.82) is 0 Å². The van der Waals surface area contributed by atoms with Gasteiger partial charge in [0.15, 0.2) is 5.76 Å². The molecule has 1 N–H and O–H groups in total. The Morgan fingerprint density at radius 3 is 2.36 bits per heavy atom. The second-order valence-corrected chi connectivity index (χ2v) is 6.72. The quantitative estimate of drug-likeness (QED) is 0.928. The second kappa shape index (κ2) is 7.17. The van der Waals surface area contributed by atoms with Gasteiger partial charge in [0, 0.05) is 30.5 Å². The topological polar surface area (TPSA) is 67.5 Å². The summed E-state index contributed by atoms with van der Waals surface area (Å²) in [5, 5.41) is 2.71. The highest BCUT2D eigenvalue weighted by Gasteiger charge is 2.28. The Labute approximate surface area is 147 Å². The first-order valence-corrected chi connectivity index (χ1v) is 8.75. The van der Waals surface area contributed by atoms with Crippen LogP contribution in [0.2, 0.25) is 0 Å². The summed E-state index contributed by atoms with van der Waals surface area (Å²) in [7, 11) is 0. The number of hydrogen-bond acceptors (Lipinski definition) is 3. The van der Waals surface area contributed by atoms with Crippen LogP contribution in [0.3, 0.4) is 0 Å². The number of nitrogens with zero attached hydrogens (tertiary/aromatic N) is 2. The van der Waals surface area contributed by atoms with Gasteiger partial charge in [0.2, 0.25) is 5.91 Å². The molecule has 3 rings (SSSR count). The van der Waals surface area contributed by atoms with Gasteiger partial charge in [-0.1, -0.05) is 0 Å². The molecule has 0 radical (unpaired) electrons. The van der Waals surface area contributed by atoms with Crippen LogP contribution in [0.4, 0.5) is 0 Å². The number of carbonyl (C=O) groups excluding carboxylic acids is 2. The van der Waals surface area contributed by atoms with Crippen LogP contribution < -0.4 is 5.32 Å². The molecule has 0 saturated carbocycles. The largest absolute Gasteiger partial charge is 0.459 e. The molecule has 2 aromatic heterocycles. The van der Waals surface area contributed by atoms with Crippen molar-refractivity contribution in [3.8, 4) is 0 Å². The van der Waals surface area contributed by atoms with E-state index >= 15 is 0 Å². The van der Waals surface area contributed by atoms with E-state index in [9.17, 15) is 9.59 Å². The third-order valence-electron chi connectivity index (χ3n) is 4.93. The Balaban J connectivity index is 1.55. The maximum Gasteiger partial charge on any atom is 0.287 e. The highest BCUT2D eigenvalue weighted by atomic mass is 16.3. The molecule has 0 bridgehead atoms. The number of amides is 2. The average Bonchev–Trinajstić information content (AvgIpc) is 3.25. The highest BCUT2D eigenvalue weighted by molar-refractivity contribution is 5.95. The zero-order valence-corrected chi connectivity index (χ0v) is 15.0. The summed E-state index contributed by atoms with van der Waals surface area (Å²) in [6, 6.07) is 7.38. The van der Waals surface area contributed by atoms with Gasteiger partial charge in [-0.2, -0.15) is 0 Å². The SMILES string of the molecule is Cc1ccc(C)n1C1CCN(C(=O)[C@@H](C)NC(=O)c2ccco2)CC1. The molecule has 1 fully saturated rings. The fourth-order valence-corrected chi connectivity index (χ4v) is 3.61. The first-order chi connectivity index (χ1) is 12.0. The molecule has 6 heteroatoms. The molecule has 0 unspecified atom stereocenters. The van der Waals surface area contributed by atoms with Crippen LogP contribution in [0, 0.1) is 13.8 Å². The normalized spacial score (nSPS) is 16.7. The molecule has 1 aliphatic rings. The first-order valence-electron chi connectivity index (χ1n) is 8.75. The number of carbonyl (C=O) groups is 2. The third kappa shape index (κ3) is 3.62. The predicted octanol–water partition coefficient (Wildman–Crippen LogP) is 2.68. The van der Waals surface area contributed by atoms with E-state index in [0.717, 1.165) is 12.8 Å². The minimum absolute atomic E-state index is 0.0423. The minimum Gasteiger partial charge on any atom is -0.459 e. The highest BCUT2D eigenvalue weighted by Crippen LogP contribution is 2.26. The minimum atomic E-state index is -0.566. The number of rotatable bonds is 4. The Kier molecular flexibility index (Phi) is 4.97. The number of likely N-dealkylation sites (tertiary alicyclic amines) is 1. The lowest BCUT2D eigenvalue weighted by molar-refractivity contribution is -0.134. The third-order valence-corrected chi connectivity index (χ3v) is 4.93. The van der Waals surface area contributed by atoms with Crippen molar-refractivity contribution in [3.05, 3.63) is 47.7 Å². The Morgan fingerprint density at radius 2 is 1.80 bits per heavy atom. The molecule has 1 saturated heterocycles. The van der Waals surface area contributed by atoms with Gasteiger partial charge in [-0.05, 0) is 57.9 Å². The van der Waals surface area contributed by atoms with Crippen molar-refractivity contribution < 1.29 is 14.0 Å². The number of nitrogens with one attached hydrogen (secondary N) is 1. The van der Waals surface area contributed by atoms with Crippen LogP contribution in [-0.2, 0) is 4.79 Å². The Morgan fingerprint density at radius 1 is 1.16 bits per heavy atom. The number of piperidine rings is 1. The molecule has 0 aromatic carbocycles. The van der Waals surface area contributed by atoms with Crippen molar-refractivity contribution >= 4 is 11.8 Å². The summed E-state index contributed by atoms with van der Waals surface area (Å²) >= 11 is 0. The monoisotopic (exact) mass is 343 g/mol. The van der Waals surface area contributed by atoms with Crippen LogP contribution in [0.1, 0.15) is 47.7 Å². The van der Waals surface area contributed by atoms with Gasteiger partial charge >= 0.3 is 0 Å². The molecule has 134 valence electrons. The molecule has 0 aliphatic carbocycles. The zero-order valence-electron chi connectivity index (χ0n) is 15.0. The zero-order chi connectivity index (χ0) is 18.0. The van der Waals surface area contributed by atoms with E-state index in [1.165, 1.54) is 17.7 Å². The summed E-state index contributed by atoms with van der Waals surface area (Å²) in [5.74, 6) is -0.185. The predicted molar refractivity (Wildman–Crippen MR) is 94.4 cm³/mol. The lowest BCUT2D eigenvalue weighted by Gasteiger charge is -2.35. The van der Waals surface area contributed by atoms with Crippen LogP contribution >= 0.6 is 0 Å². The average molecular weight is 343 g/mol. The van der Waals surface area contributed by atoms with E-state index < -0.39 is 6.04 Å². The first kappa shape index (κ1) is 17.3. The van der Waals surface area contributed by atoms with Crippen molar-refractivity contribution in [1.82, 2.24) is 14.8 Å². The van der Waals surface area contributed by atoms with E-state index in [1.54, 1.807) is 19.1 Å². The maximum absolute atomic E-state index is 12.6. The standard InChI is InChI=1S/C19H25N3O3/c1-13-6-7-14(2)22(13)16-8-10-21(11-9-16)19(24)15(3)20-18(23)17-5-4-12-25-17/h4-7,12,15-16H,8-11H2,1-3H3,(H,20,23)/t15-/m1/s1. The van der Waals surface area contributed by atoms with Crippen LogP contribution in [0.25, 0.3) is 0 Å². The number of furan rings is 1. The molecule has 2 aromatic rings. The van der Waals surface area contributed by atoms with E-state index in [2.05, 4.69) is 35.9 Å². The van der Waals surface area contributed by atoms with Gasteiger partial charge in [-0.15, -0.1) is 0 Å². The van der Waals surface area contributed by atoms with Crippen LogP contribution in [-0.4, -0.2) is 40.4 Å². The summed E-state index contributed by atoms with van der Waals surface area (Å²) in [6.07, 6.45) is 3.30. The van der Waals surface area contributed by atoms with E-state index in [0.29, 0.717) is 19.1 Å². The van der Waals surface area contributed by atoms with Crippen LogP contribution in [0.5, 0.6) is 0 Å². The lowest BCUT2D eigenvalue weighted by atomic mass is 10.0. The Bertz CT molecular complexity index is 721. The van der Waals surface area contributed by atoms with Gasteiger partial charge in [-0.25, -0.2) is 0 Å².